The zero-order valence-electron chi connectivity index (χ0n) is 11.1. The first-order valence-electron chi connectivity index (χ1n) is 6.12. The predicted molar refractivity (Wildman–Crippen MR) is 70.6 cm³/mol. The monoisotopic (exact) mass is 318 g/mol. The van der Waals surface area contributed by atoms with Crippen LogP contribution in [0.2, 0.25) is 0 Å². The first kappa shape index (κ1) is 15.5. The normalized spacial score (nSPS) is 13.1. The maximum absolute atomic E-state index is 13.0. The molecule has 0 fully saturated rings. The van der Waals surface area contributed by atoms with E-state index in [4.69, 9.17) is 0 Å². The Morgan fingerprint density at radius 2 is 2.29 bits per heavy atom. The molecular formula is C12H13F3N4OS. The average Bonchev–Trinajstić information content (AvgIpc) is 3.03. The minimum atomic E-state index is -4.58. The van der Waals surface area contributed by atoms with Gasteiger partial charge < -0.3 is 5.32 Å². The van der Waals surface area contributed by atoms with Crippen molar-refractivity contribution in [2.24, 2.45) is 0 Å². The van der Waals surface area contributed by atoms with Crippen molar-refractivity contribution in [2.45, 2.75) is 32.1 Å². The maximum atomic E-state index is 13.0. The van der Waals surface area contributed by atoms with Crippen molar-refractivity contribution in [3.05, 3.63) is 34.5 Å². The number of rotatable bonds is 5. The highest BCUT2D eigenvalue weighted by molar-refractivity contribution is 7.09. The van der Waals surface area contributed by atoms with Crippen LogP contribution in [0.1, 0.15) is 23.2 Å². The Bertz CT molecular complexity index is 594. The van der Waals surface area contributed by atoms with Gasteiger partial charge in [0.2, 0.25) is 5.91 Å². The number of carbonyl (C=O) groups excluding carboxylic acids is 1. The molecule has 0 saturated heterocycles. The van der Waals surface area contributed by atoms with E-state index in [2.05, 4.69) is 10.1 Å². The first-order chi connectivity index (χ1) is 9.86. The van der Waals surface area contributed by atoms with Crippen molar-refractivity contribution >= 4 is 17.2 Å². The van der Waals surface area contributed by atoms with E-state index in [0.29, 0.717) is 5.69 Å². The summed E-state index contributed by atoms with van der Waals surface area (Å²) in [7, 11) is 0. The molecular weight excluding hydrogens is 305 g/mol. The van der Waals surface area contributed by atoms with Crippen LogP contribution in [0.5, 0.6) is 0 Å². The minimum absolute atomic E-state index is 0.0847. The summed E-state index contributed by atoms with van der Waals surface area (Å²) in [5.41, 5.74) is 0.495. The van der Waals surface area contributed by atoms with E-state index < -0.39 is 18.1 Å². The van der Waals surface area contributed by atoms with Gasteiger partial charge in [-0.25, -0.2) is 4.98 Å². The fourth-order valence-electron chi connectivity index (χ4n) is 1.67. The Hall–Kier alpha value is -1.90. The van der Waals surface area contributed by atoms with Crippen molar-refractivity contribution in [1.82, 2.24) is 20.1 Å². The highest BCUT2D eigenvalue weighted by Crippen LogP contribution is 2.34. The molecule has 2 aromatic heterocycles. The summed E-state index contributed by atoms with van der Waals surface area (Å²) < 4.78 is 40.6. The molecule has 0 aliphatic carbocycles. The zero-order chi connectivity index (χ0) is 15.5. The number of halogens is 3. The largest absolute Gasteiger partial charge is 0.415 e. The number of nitrogens with one attached hydrogen (secondary N) is 1. The second-order valence-electron chi connectivity index (χ2n) is 4.39. The predicted octanol–water partition coefficient (Wildman–Crippen LogP) is 2.46. The third-order valence-corrected chi connectivity index (χ3v) is 3.67. The van der Waals surface area contributed by atoms with Gasteiger partial charge in [-0.3, -0.25) is 9.48 Å². The van der Waals surface area contributed by atoms with Gasteiger partial charge in [-0.15, -0.1) is 11.3 Å². The molecule has 0 radical (unpaired) electrons. The maximum Gasteiger partial charge on any atom is 0.415 e. The lowest BCUT2D eigenvalue weighted by Crippen LogP contribution is -2.38. The lowest BCUT2D eigenvalue weighted by molar-refractivity contribution is -0.163. The topological polar surface area (TPSA) is 59.8 Å². The molecule has 0 aliphatic heterocycles. The number of aryl methyl sites for hydroxylation is 2. The second-order valence-corrected chi connectivity index (χ2v) is 5.28. The fourth-order valence-corrected chi connectivity index (χ4v) is 2.54. The molecule has 1 N–H and O–H groups in total. The number of carbonyl (C=O) groups is 1. The van der Waals surface area contributed by atoms with Crippen LogP contribution in [0.4, 0.5) is 13.2 Å². The van der Waals surface area contributed by atoms with E-state index in [0.717, 1.165) is 11.3 Å². The lowest BCUT2D eigenvalue weighted by atomic mass is 10.2. The Morgan fingerprint density at radius 1 is 1.52 bits per heavy atom. The van der Waals surface area contributed by atoms with Crippen LogP contribution >= 0.6 is 11.3 Å². The van der Waals surface area contributed by atoms with Gasteiger partial charge in [-0.05, 0) is 13.0 Å². The summed E-state index contributed by atoms with van der Waals surface area (Å²) in [6.07, 6.45) is -1.49. The van der Waals surface area contributed by atoms with E-state index in [-0.39, 0.29) is 18.0 Å². The van der Waals surface area contributed by atoms with Crippen LogP contribution in [0, 0.1) is 6.92 Å². The van der Waals surface area contributed by atoms with E-state index in [1.54, 1.807) is 19.2 Å². The molecule has 5 nitrogen and oxygen atoms in total. The van der Waals surface area contributed by atoms with E-state index in [1.807, 2.05) is 5.32 Å². The van der Waals surface area contributed by atoms with E-state index >= 15 is 0 Å². The standard InChI is InChI=1S/C12H13F3N4OS/c1-8-7-21-11(17-8)10(12(13,14)15)18-9(20)3-6-19-5-2-4-16-19/h2,4-5,7,10H,3,6H2,1H3,(H,18,20). The van der Waals surface area contributed by atoms with Crippen molar-refractivity contribution in [2.75, 3.05) is 0 Å². The molecule has 9 heteroatoms. The van der Waals surface area contributed by atoms with Crippen LogP contribution in [-0.4, -0.2) is 26.8 Å². The van der Waals surface area contributed by atoms with Gasteiger partial charge in [0.05, 0.1) is 0 Å². The highest BCUT2D eigenvalue weighted by atomic mass is 32.1. The molecule has 0 aliphatic rings. The number of amides is 1. The molecule has 0 aromatic carbocycles. The van der Waals surface area contributed by atoms with Gasteiger partial charge in [-0.1, -0.05) is 0 Å². The third kappa shape index (κ3) is 4.28. The van der Waals surface area contributed by atoms with Gasteiger partial charge in [0.15, 0.2) is 6.04 Å². The summed E-state index contributed by atoms with van der Waals surface area (Å²) in [5, 5.41) is 7.23. The van der Waals surface area contributed by atoms with Gasteiger partial charge in [0, 0.05) is 36.4 Å². The zero-order valence-corrected chi connectivity index (χ0v) is 11.9. The summed E-state index contributed by atoms with van der Waals surface area (Å²) in [4.78, 5) is 15.5. The number of nitrogens with zero attached hydrogens (tertiary/aromatic N) is 3. The lowest BCUT2D eigenvalue weighted by Gasteiger charge is -2.19. The Labute approximate surface area is 122 Å². The summed E-state index contributed by atoms with van der Waals surface area (Å²) >= 11 is 0.879. The number of hydrogen-bond acceptors (Lipinski definition) is 4. The Kier molecular flexibility index (Phi) is 4.61. The summed E-state index contributed by atoms with van der Waals surface area (Å²) in [6, 6.07) is -0.393. The molecule has 2 heterocycles. The van der Waals surface area contributed by atoms with E-state index in [9.17, 15) is 18.0 Å². The Balaban J connectivity index is 2.00. The fraction of sp³-hybridized carbons (Fsp3) is 0.417. The number of alkyl halides is 3. The molecule has 0 saturated carbocycles. The van der Waals surface area contributed by atoms with Crippen molar-refractivity contribution < 1.29 is 18.0 Å². The second kappa shape index (κ2) is 6.25. The molecule has 114 valence electrons. The number of hydrogen-bond donors (Lipinski definition) is 1. The molecule has 1 atom stereocenters. The smallest absolute Gasteiger partial charge is 0.339 e. The highest BCUT2D eigenvalue weighted by Gasteiger charge is 2.43. The van der Waals surface area contributed by atoms with Crippen molar-refractivity contribution in [3.8, 4) is 0 Å². The quantitative estimate of drug-likeness (QED) is 0.921. The molecule has 0 bridgehead atoms. The molecule has 21 heavy (non-hydrogen) atoms. The SMILES string of the molecule is Cc1csc(C(NC(=O)CCn2cccn2)C(F)(F)F)n1. The van der Waals surface area contributed by atoms with Crippen molar-refractivity contribution in [1.29, 1.82) is 0 Å². The van der Waals surface area contributed by atoms with E-state index in [1.165, 1.54) is 16.3 Å². The molecule has 1 amide bonds. The van der Waals surface area contributed by atoms with Crippen LogP contribution in [-0.2, 0) is 11.3 Å². The van der Waals surface area contributed by atoms with Crippen LogP contribution in [0.15, 0.2) is 23.8 Å². The average molecular weight is 318 g/mol. The molecule has 0 spiro atoms. The Morgan fingerprint density at radius 3 is 2.81 bits per heavy atom. The van der Waals surface area contributed by atoms with Crippen LogP contribution in [0.25, 0.3) is 0 Å². The van der Waals surface area contributed by atoms with Gasteiger partial charge in [-0.2, -0.15) is 18.3 Å². The van der Waals surface area contributed by atoms with Gasteiger partial charge >= 0.3 is 6.18 Å². The van der Waals surface area contributed by atoms with Crippen molar-refractivity contribution in [3.63, 3.8) is 0 Å². The third-order valence-electron chi connectivity index (χ3n) is 2.64. The summed E-state index contributed by atoms with van der Waals surface area (Å²) in [6.45, 7) is 1.83. The van der Waals surface area contributed by atoms with Gasteiger partial charge in [0.1, 0.15) is 5.01 Å². The van der Waals surface area contributed by atoms with Crippen LogP contribution < -0.4 is 5.32 Å². The summed E-state index contributed by atoms with van der Waals surface area (Å²) in [5.74, 6) is -0.694. The number of aromatic nitrogens is 3. The molecule has 2 rings (SSSR count). The first-order valence-corrected chi connectivity index (χ1v) is 7.00. The number of thiazole rings is 1. The molecule has 1 unspecified atom stereocenters. The van der Waals surface area contributed by atoms with Crippen LogP contribution in [0.3, 0.4) is 0 Å². The molecule has 2 aromatic rings. The van der Waals surface area contributed by atoms with Gasteiger partial charge in [0.25, 0.3) is 0 Å². The minimum Gasteiger partial charge on any atom is -0.339 e.